The number of aliphatic hydroxyl groups excluding tert-OH is 2. The van der Waals surface area contributed by atoms with Crippen molar-refractivity contribution in [1.82, 2.24) is 19.5 Å². The molecule has 2 aromatic heterocycles. The molecule has 8 nitrogen and oxygen atoms in total. The van der Waals surface area contributed by atoms with E-state index in [9.17, 15) is 23.4 Å². The average Bonchev–Trinajstić information content (AvgIpc) is 3.39. The molecule has 11 heteroatoms. The van der Waals surface area contributed by atoms with Gasteiger partial charge in [0.1, 0.15) is 0 Å². The fourth-order valence-electron chi connectivity index (χ4n) is 3.76. The second kappa shape index (κ2) is 8.67. The van der Waals surface area contributed by atoms with Crippen LogP contribution in [0.2, 0.25) is 0 Å². The van der Waals surface area contributed by atoms with Gasteiger partial charge in [-0.2, -0.15) is 23.1 Å². The zero-order chi connectivity index (χ0) is 22.0. The smallest absolute Gasteiger partial charge is 0.395 e. The number of nitrogens with zero attached hydrogens (tertiary/aromatic N) is 5. The first-order valence-electron chi connectivity index (χ1n) is 10.0. The molecule has 0 spiro atoms. The average molecular weight is 436 g/mol. The lowest BCUT2D eigenvalue weighted by molar-refractivity contribution is -0.137. The van der Waals surface area contributed by atoms with Gasteiger partial charge in [-0.25, -0.2) is 4.98 Å². The zero-order valence-corrected chi connectivity index (χ0v) is 16.7. The van der Waals surface area contributed by atoms with Crippen molar-refractivity contribution >= 4 is 22.9 Å². The van der Waals surface area contributed by atoms with Crippen LogP contribution in [0.4, 0.5) is 24.9 Å². The van der Waals surface area contributed by atoms with Gasteiger partial charge in [0.15, 0.2) is 17.0 Å². The second-order valence-electron chi connectivity index (χ2n) is 7.43. The number of benzene rings is 1. The van der Waals surface area contributed by atoms with Crippen molar-refractivity contribution in [2.75, 3.05) is 36.5 Å². The molecule has 3 aromatic rings. The summed E-state index contributed by atoms with van der Waals surface area (Å²) in [5.41, 5.74) is 1.00. The van der Waals surface area contributed by atoms with Crippen molar-refractivity contribution < 1.29 is 23.4 Å². The molecule has 1 aromatic carbocycles. The molecule has 1 unspecified atom stereocenters. The number of aromatic nitrogens is 4. The summed E-state index contributed by atoms with van der Waals surface area (Å²) in [6, 6.07) is 4.90. The van der Waals surface area contributed by atoms with Gasteiger partial charge in [0, 0.05) is 13.1 Å². The standard InChI is InChI=1S/C20H23F3N6O2/c21-20(22,23)14-5-3-13(4-6-14)10-28-12-25-16-17(24-7-9-30)26-19(27-18(16)28)29-8-1-2-15(29)11-31/h3-6,12,15,30-31H,1-2,7-11H2,(H,24,26,27). The lowest BCUT2D eigenvalue weighted by atomic mass is 10.1. The van der Waals surface area contributed by atoms with Gasteiger partial charge in [0.2, 0.25) is 5.95 Å². The summed E-state index contributed by atoms with van der Waals surface area (Å²) in [7, 11) is 0. The van der Waals surface area contributed by atoms with Crippen LogP contribution in [-0.2, 0) is 12.7 Å². The van der Waals surface area contributed by atoms with Gasteiger partial charge in [-0.15, -0.1) is 0 Å². The van der Waals surface area contributed by atoms with Crippen molar-refractivity contribution in [2.24, 2.45) is 0 Å². The van der Waals surface area contributed by atoms with E-state index < -0.39 is 11.7 Å². The molecule has 1 atom stereocenters. The predicted octanol–water partition coefficient (Wildman–Crippen LogP) is 2.26. The van der Waals surface area contributed by atoms with E-state index in [1.54, 1.807) is 10.9 Å². The molecule has 0 aliphatic carbocycles. The van der Waals surface area contributed by atoms with Crippen molar-refractivity contribution in [2.45, 2.75) is 31.6 Å². The Morgan fingerprint density at radius 3 is 2.58 bits per heavy atom. The molecule has 4 rings (SSSR count). The number of halogens is 3. The van der Waals surface area contributed by atoms with Gasteiger partial charge in [0.05, 0.1) is 37.7 Å². The number of alkyl halides is 3. The van der Waals surface area contributed by atoms with Crippen LogP contribution < -0.4 is 10.2 Å². The molecular weight excluding hydrogens is 413 g/mol. The summed E-state index contributed by atoms with van der Waals surface area (Å²) in [5.74, 6) is 0.905. The maximum absolute atomic E-state index is 12.8. The highest BCUT2D eigenvalue weighted by Gasteiger charge is 2.30. The number of imidazole rings is 1. The fourth-order valence-corrected chi connectivity index (χ4v) is 3.76. The zero-order valence-electron chi connectivity index (χ0n) is 16.7. The third-order valence-corrected chi connectivity index (χ3v) is 5.34. The Morgan fingerprint density at radius 2 is 1.90 bits per heavy atom. The number of nitrogens with one attached hydrogen (secondary N) is 1. The van der Waals surface area contributed by atoms with Crippen LogP contribution in [0.25, 0.3) is 11.2 Å². The number of hydrogen-bond acceptors (Lipinski definition) is 7. The summed E-state index contributed by atoms with van der Waals surface area (Å²) >= 11 is 0. The summed E-state index contributed by atoms with van der Waals surface area (Å²) in [5, 5.41) is 21.9. The maximum atomic E-state index is 12.8. The van der Waals surface area contributed by atoms with Crippen LogP contribution in [0.5, 0.6) is 0 Å². The van der Waals surface area contributed by atoms with Crippen LogP contribution >= 0.6 is 0 Å². The molecule has 0 amide bonds. The molecule has 1 fully saturated rings. The normalized spacial score (nSPS) is 16.9. The molecule has 0 radical (unpaired) electrons. The first kappa shape index (κ1) is 21.3. The largest absolute Gasteiger partial charge is 0.416 e. The second-order valence-corrected chi connectivity index (χ2v) is 7.43. The lowest BCUT2D eigenvalue weighted by Gasteiger charge is -2.23. The molecule has 31 heavy (non-hydrogen) atoms. The first-order valence-corrected chi connectivity index (χ1v) is 10.0. The Kier molecular flexibility index (Phi) is 5.96. The van der Waals surface area contributed by atoms with Crippen LogP contribution in [0.3, 0.4) is 0 Å². The maximum Gasteiger partial charge on any atom is 0.416 e. The highest BCUT2D eigenvalue weighted by molar-refractivity contribution is 5.84. The Morgan fingerprint density at radius 1 is 1.13 bits per heavy atom. The van der Waals surface area contributed by atoms with E-state index in [-0.39, 0.29) is 32.3 Å². The van der Waals surface area contributed by atoms with E-state index in [4.69, 9.17) is 0 Å². The number of aliphatic hydroxyl groups is 2. The minimum atomic E-state index is -4.38. The number of rotatable bonds is 7. The SMILES string of the molecule is OCCNc1nc(N2CCCC2CO)nc2c1ncn2Cc1ccc(C(F)(F)F)cc1. The molecule has 3 heterocycles. The fraction of sp³-hybridized carbons (Fsp3) is 0.450. The molecule has 1 saturated heterocycles. The summed E-state index contributed by atoms with van der Waals surface area (Å²) in [6.45, 7) is 1.18. The lowest BCUT2D eigenvalue weighted by Crippen LogP contribution is -2.33. The van der Waals surface area contributed by atoms with E-state index in [0.717, 1.165) is 25.0 Å². The van der Waals surface area contributed by atoms with Gasteiger partial charge < -0.3 is 25.0 Å². The molecule has 0 bridgehead atoms. The van der Waals surface area contributed by atoms with E-state index in [1.807, 2.05) is 4.90 Å². The number of anilines is 2. The molecule has 3 N–H and O–H groups in total. The third-order valence-electron chi connectivity index (χ3n) is 5.34. The summed E-state index contributed by atoms with van der Waals surface area (Å²) < 4.78 is 40.2. The Bertz CT molecular complexity index is 1040. The monoisotopic (exact) mass is 436 g/mol. The molecule has 1 aliphatic heterocycles. The van der Waals surface area contributed by atoms with Gasteiger partial charge >= 0.3 is 6.18 Å². The van der Waals surface area contributed by atoms with Crippen LogP contribution in [-0.4, -0.2) is 62.1 Å². The van der Waals surface area contributed by atoms with Gasteiger partial charge in [-0.3, -0.25) is 0 Å². The van der Waals surface area contributed by atoms with Crippen molar-refractivity contribution in [3.63, 3.8) is 0 Å². The number of fused-ring (bicyclic) bond motifs is 1. The minimum absolute atomic E-state index is 0.00832. The topological polar surface area (TPSA) is 99.3 Å². The molecule has 1 aliphatic rings. The van der Waals surface area contributed by atoms with E-state index in [0.29, 0.717) is 35.0 Å². The van der Waals surface area contributed by atoms with Crippen LogP contribution in [0.15, 0.2) is 30.6 Å². The Balaban J connectivity index is 1.70. The molecular formula is C20H23F3N6O2. The van der Waals surface area contributed by atoms with Crippen LogP contribution in [0, 0.1) is 0 Å². The third kappa shape index (κ3) is 4.42. The Hall–Kier alpha value is -2.92. The van der Waals surface area contributed by atoms with E-state index >= 15 is 0 Å². The van der Waals surface area contributed by atoms with E-state index in [1.165, 1.54) is 12.1 Å². The minimum Gasteiger partial charge on any atom is -0.395 e. The van der Waals surface area contributed by atoms with Crippen molar-refractivity contribution in [3.05, 3.63) is 41.7 Å². The number of hydrogen-bond donors (Lipinski definition) is 3. The summed E-state index contributed by atoms with van der Waals surface area (Å²) in [6.07, 6.45) is -1.06. The van der Waals surface area contributed by atoms with Crippen molar-refractivity contribution in [1.29, 1.82) is 0 Å². The predicted molar refractivity (Wildman–Crippen MR) is 109 cm³/mol. The van der Waals surface area contributed by atoms with Gasteiger partial charge in [-0.1, -0.05) is 12.1 Å². The molecule has 0 saturated carbocycles. The molecule has 166 valence electrons. The van der Waals surface area contributed by atoms with Gasteiger partial charge in [-0.05, 0) is 30.5 Å². The van der Waals surface area contributed by atoms with Crippen LogP contribution in [0.1, 0.15) is 24.0 Å². The van der Waals surface area contributed by atoms with Gasteiger partial charge in [0.25, 0.3) is 0 Å². The highest BCUT2D eigenvalue weighted by Crippen LogP contribution is 2.30. The Labute approximate surface area is 176 Å². The van der Waals surface area contributed by atoms with E-state index in [2.05, 4.69) is 20.3 Å². The van der Waals surface area contributed by atoms with Crippen molar-refractivity contribution in [3.8, 4) is 0 Å². The summed E-state index contributed by atoms with van der Waals surface area (Å²) in [4.78, 5) is 15.5. The highest BCUT2D eigenvalue weighted by atomic mass is 19.4. The first-order chi connectivity index (χ1) is 14.9. The quantitative estimate of drug-likeness (QED) is 0.523.